The van der Waals surface area contributed by atoms with Crippen molar-refractivity contribution in [3.8, 4) is 11.3 Å². The van der Waals surface area contributed by atoms with Gasteiger partial charge in [-0.3, -0.25) is 4.79 Å². The van der Waals surface area contributed by atoms with Crippen molar-refractivity contribution in [3.05, 3.63) is 77.7 Å². The van der Waals surface area contributed by atoms with Gasteiger partial charge in [-0.05, 0) is 24.1 Å². The molecule has 0 saturated carbocycles. The Morgan fingerprint density at radius 3 is 2.57 bits per heavy atom. The molecule has 1 amide bonds. The molecule has 116 valence electrons. The highest BCUT2D eigenvalue weighted by Gasteiger charge is 2.13. The van der Waals surface area contributed by atoms with Gasteiger partial charge in [0.25, 0.3) is 5.91 Å². The molecule has 1 aromatic heterocycles. The van der Waals surface area contributed by atoms with E-state index in [1.807, 2.05) is 30.3 Å². The summed E-state index contributed by atoms with van der Waals surface area (Å²) in [6, 6.07) is 17.3. The standard InChI is InChI=1S/C18H15FN2O2/c19-15-8-6-13(7-9-15)10-11-20-18(22)16-12-17(23-21-16)14-4-2-1-3-5-14/h1-9,12H,10-11H2,(H,20,22). The van der Waals surface area contributed by atoms with E-state index in [1.54, 1.807) is 18.2 Å². The van der Waals surface area contributed by atoms with Crippen LogP contribution in [0, 0.1) is 5.82 Å². The Bertz CT molecular complexity index is 782. The largest absolute Gasteiger partial charge is 0.355 e. The lowest BCUT2D eigenvalue weighted by Crippen LogP contribution is -2.25. The van der Waals surface area contributed by atoms with Crippen molar-refractivity contribution >= 4 is 5.91 Å². The molecule has 5 heteroatoms. The number of halogens is 1. The fraction of sp³-hybridized carbons (Fsp3) is 0.111. The topological polar surface area (TPSA) is 55.1 Å². The molecule has 0 aliphatic rings. The third kappa shape index (κ3) is 3.83. The van der Waals surface area contributed by atoms with Crippen molar-refractivity contribution in [2.24, 2.45) is 0 Å². The van der Waals surface area contributed by atoms with Crippen molar-refractivity contribution < 1.29 is 13.7 Å². The Balaban J connectivity index is 1.56. The molecule has 0 fully saturated rings. The van der Waals surface area contributed by atoms with Crippen molar-refractivity contribution in [3.63, 3.8) is 0 Å². The zero-order valence-electron chi connectivity index (χ0n) is 12.3. The number of nitrogens with one attached hydrogen (secondary N) is 1. The first kappa shape index (κ1) is 15.0. The van der Waals surface area contributed by atoms with Gasteiger partial charge in [-0.1, -0.05) is 47.6 Å². The minimum Gasteiger partial charge on any atom is -0.355 e. The van der Waals surface area contributed by atoms with Gasteiger partial charge in [0, 0.05) is 18.2 Å². The van der Waals surface area contributed by atoms with Gasteiger partial charge in [0.15, 0.2) is 11.5 Å². The van der Waals surface area contributed by atoms with E-state index in [-0.39, 0.29) is 17.4 Å². The SMILES string of the molecule is O=C(NCCc1ccc(F)cc1)c1cc(-c2ccccc2)on1. The first-order valence-corrected chi connectivity index (χ1v) is 7.27. The van der Waals surface area contributed by atoms with E-state index < -0.39 is 0 Å². The van der Waals surface area contributed by atoms with Crippen LogP contribution in [0.4, 0.5) is 4.39 Å². The minimum absolute atomic E-state index is 0.239. The van der Waals surface area contributed by atoms with Gasteiger partial charge in [0.2, 0.25) is 0 Å². The molecule has 3 aromatic rings. The number of hydrogen-bond donors (Lipinski definition) is 1. The van der Waals surface area contributed by atoms with Gasteiger partial charge in [0.05, 0.1) is 0 Å². The van der Waals surface area contributed by atoms with Crippen molar-refractivity contribution in [2.75, 3.05) is 6.54 Å². The number of hydrogen-bond acceptors (Lipinski definition) is 3. The number of benzene rings is 2. The Hall–Kier alpha value is -2.95. The van der Waals surface area contributed by atoms with E-state index in [1.165, 1.54) is 12.1 Å². The molecular formula is C18H15FN2O2. The number of aromatic nitrogens is 1. The molecule has 0 spiro atoms. The average Bonchev–Trinajstić information content (AvgIpc) is 3.07. The zero-order valence-corrected chi connectivity index (χ0v) is 12.3. The summed E-state index contributed by atoms with van der Waals surface area (Å²) in [7, 11) is 0. The summed E-state index contributed by atoms with van der Waals surface area (Å²) >= 11 is 0. The third-order valence-electron chi connectivity index (χ3n) is 3.41. The Morgan fingerprint density at radius 1 is 1.09 bits per heavy atom. The lowest BCUT2D eigenvalue weighted by atomic mass is 10.1. The molecule has 0 aliphatic heterocycles. The molecule has 2 aromatic carbocycles. The molecule has 0 aliphatic carbocycles. The normalized spacial score (nSPS) is 10.5. The van der Waals surface area contributed by atoms with Crippen LogP contribution >= 0.6 is 0 Å². The van der Waals surface area contributed by atoms with Crippen LogP contribution in [0.15, 0.2) is 65.2 Å². The van der Waals surface area contributed by atoms with Crippen molar-refractivity contribution in [2.45, 2.75) is 6.42 Å². The van der Waals surface area contributed by atoms with Crippen molar-refractivity contribution in [1.29, 1.82) is 0 Å². The molecule has 23 heavy (non-hydrogen) atoms. The highest BCUT2D eigenvalue weighted by atomic mass is 19.1. The second kappa shape index (κ2) is 6.87. The maximum absolute atomic E-state index is 12.8. The number of amides is 1. The molecule has 4 nitrogen and oxygen atoms in total. The van der Waals surface area contributed by atoms with Gasteiger partial charge in [-0.25, -0.2) is 4.39 Å². The lowest BCUT2D eigenvalue weighted by molar-refractivity contribution is 0.0945. The Kier molecular flexibility index (Phi) is 4.47. The molecule has 0 radical (unpaired) electrons. The molecule has 1 N–H and O–H groups in total. The number of carbonyl (C=O) groups excluding carboxylic acids is 1. The van der Waals surface area contributed by atoms with E-state index in [2.05, 4.69) is 10.5 Å². The Morgan fingerprint density at radius 2 is 1.83 bits per heavy atom. The summed E-state index contributed by atoms with van der Waals surface area (Å²) in [6.07, 6.45) is 0.620. The monoisotopic (exact) mass is 310 g/mol. The van der Waals surface area contributed by atoms with Gasteiger partial charge in [-0.2, -0.15) is 0 Å². The zero-order chi connectivity index (χ0) is 16.1. The number of carbonyl (C=O) groups is 1. The van der Waals surface area contributed by atoms with Gasteiger partial charge < -0.3 is 9.84 Å². The highest BCUT2D eigenvalue weighted by molar-refractivity contribution is 5.93. The summed E-state index contributed by atoms with van der Waals surface area (Å²) in [6.45, 7) is 0.442. The summed E-state index contributed by atoms with van der Waals surface area (Å²) in [4.78, 5) is 12.0. The predicted molar refractivity (Wildman–Crippen MR) is 84.4 cm³/mol. The molecule has 0 saturated heterocycles. The van der Waals surface area contributed by atoms with Crippen LogP contribution in [0.2, 0.25) is 0 Å². The third-order valence-corrected chi connectivity index (χ3v) is 3.41. The summed E-state index contributed by atoms with van der Waals surface area (Å²) in [5.74, 6) is -0.0128. The van der Waals surface area contributed by atoms with Crippen LogP contribution in [-0.2, 0) is 6.42 Å². The quantitative estimate of drug-likeness (QED) is 0.785. The van der Waals surface area contributed by atoms with Gasteiger partial charge in [0.1, 0.15) is 5.82 Å². The van der Waals surface area contributed by atoms with Crippen molar-refractivity contribution in [1.82, 2.24) is 10.5 Å². The lowest BCUT2D eigenvalue weighted by Gasteiger charge is -2.03. The first-order chi connectivity index (χ1) is 11.2. The van der Waals surface area contributed by atoms with Crippen LogP contribution in [0.1, 0.15) is 16.1 Å². The summed E-state index contributed by atoms with van der Waals surface area (Å²) in [5.41, 5.74) is 2.06. The van der Waals surface area contributed by atoms with E-state index in [0.717, 1.165) is 11.1 Å². The molecule has 1 heterocycles. The Labute approximate surface area is 132 Å². The van der Waals surface area contributed by atoms with Crippen LogP contribution in [0.5, 0.6) is 0 Å². The second-order valence-corrected chi connectivity index (χ2v) is 5.07. The minimum atomic E-state index is -0.293. The summed E-state index contributed by atoms with van der Waals surface area (Å²) in [5, 5.41) is 6.56. The van der Waals surface area contributed by atoms with Crippen LogP contribution < -0.4 is 5.32 Å². The maximum Gasteiger partial charge on any atom is 0.273 e. The van der Waals surface area contributed by atoms with E-state index in [9.17, 15) is 9.18 Å². The first-order valence-electron chi connectivity index (χ1n) is 7.27. The fourth-order valence-electron chi connectivity index (χ4n) is 2.18. The fourth-order valence-corrected chi connectivity index (χ4v) is 2.18. The van der Waals surface area contributed by atoms with E-state index in [0.29, 0.717) is 18.7 Å². The maximum atomic E-state index is 12.8. The molecular weight excluding hydrogens is 295 g/mol. The van der Waals surface area contributed by atoms with E-state index in [4.69, 9.17) is 4.52 Å². The van der Waals surface area contributed by atoms with Gasteiger partial charge in [-0.15, -0.1) is 0 Å². The molecule has 3 rings (SSSR count). The van der Waals surface area contributed by atoms with Crippen LogP contribution in [-0.4, -0.2) is 17.6 Å². The summed E-state index contributed by atoms with van der Waals surface area (Å²) < 4.78 is 18.0. The molecule has 0 bridgehead atoms. The average molecular weight is 310 g/mol. The van der Waals surface area contributed by atoms with Crippen LogP contribution in [0.25, 0.3) is 11.3 Å². The van der Waals surface area contributed by atoms with Gasteiger partial charge >= 0.3 is 0 Å². The number of rotatable bonds is 5. The van der Waals surface area contributed by atoms with Crippen LogP contribution in [0.3, 0.4) is 0 Å². The second-order valence-electron chi connectivity index (χ2n) is 5.07. The number of nitrogens with zero attached hydrogens (tertiary/aromatic N) is 1. The van der Waals surface area contributed by atoms with E-state index >= 15 is 0 Å². The highest BCUT2D eigenvalue weighted by Crippen LogP contribution is 2.19. The molecule has 0 atom stereocenters. The smallest absolute Gasteiger partial charge is 0.273 e. The molecule has 0 unspecified atom stereocenters. The predicted octanol–water partition coefficient (Wildman–Crippen LogP) is 3.45.